The second-order valence-corrected chi connectivity index (χ2v) is 9.30. The molecule has 1 heterocycles. The van der Waals surface area contributed by atoms with Gasteiger partial charge in [-0.3, -0.25) is 4.79 Å². The fourth-order valence-electron chi connectivity index (χ4n) is 3.24. The lowest BCUT2D eigenvalue weighted by molar-refractivity contribution is 0.104. The molecule has 0 radical (unpaired) electrons. The maximum absolute atomic E-state index is 12.5. The standard InChI is InChI=1S/C22H26N2O3S/c1-23(2)28(26,27)21-8-6-7-19(17-21)22(25)14-11-18-9-12-20(13-10-18)24-15-4-3-5-16-24/h6-14,17H,3-5,15-16H2,1-2H3/b14-11+. The van der Waals surface area contributed by atoms with Gasteiger partial charge in [-0.2, -0.15) is 0 Å². The minimum atomic E-state index is -3.56. The number of anilines is 1. The summed E-state index contributed by atoms with van der Waals surface area (Å²) < 4.78 is 25.6. The maximum Gasteiger partial charge on any atom is 0.242 e. The molecule has 0 amide bonds. The van der Waals surface area contributed by atoms with Gasteiger partial charge in [0.05, 0.1) is 4.90 Å². The van der Waals surface area contributed by atoms with Gasteiger partial charge in [0.25, 0.3) is 0 Å². The smallest absolute Gasteiger partial charge is 0.242 e. The summed E-state index contributed by atoms with van der Waals surface area (Å²) in [7, 11) is -0.624. The molecule has 1 fully saturated rings. The molecule has 1 saturated heterocycles. The van der Waals surface area contributed by atoms with Crippen LogP contribution in [0.25, 0.3) is 6.08 Å². The molecule has 6 heteroatoms. The van der Waals surface area contributed by atoms with E-state index < -0.39 is 10.0 Å². The van der Waals surface area contributed by atoms with E-state index in [1.165, 1.54) is 57.3 Å². The van der Waals surface area contributed by atoms with Crippen molar-refractivity contribution in [1.82, 2.24) is 4.31 Å². The Balaban J connectivity index is 1.71. The van der Waals surface area contributed by atoms with Gasteiger partial charge in [-0.15, -0.1) is 0 Å². The highest BCUT2D eigenvalue weighted by atomic mass is 32.2. The highest BCUT2D eigenvalue weighted by molar-refractivity contribution is 7.89. The molecule has 1 aliphatic rings. The molecule has 148 valence electrons. The molecule has 0 atom stereocenters. The number of allylic oxidation sites excluding steroid dienone is 1. The predicted octanol–water partition coefficient (Wildman–Crippen LogP) is 3.82. The zero-order valence-electron chi connectivity index (χ0n) is 16.3. The van der Waals surface area contributed by atoms with Crippen LogP contribution in [0.1, 0.15) is 35.2 Å². The molecule has 0 saturated carbocycles. The van der Waals surface area contributed by atoms with Gasteiger partial charge in [0, 0.05) is 38.4 Å². The molecule has 2 aromatic rings. The third kappa shape index (κ3) is 4.69. The average molecular weight is 399 g/mol. The molecule has 3 rings (SSSR count). The molecule has 0 aromatic heterocycles. The molecular weight excluding hydrogens is 372 g/mol. The van der Waals surface area contributed by atoms with Gasteiger partial charge in [0.2, 0.25) is 10.0 Å². The van der Waals surface area contributed by atoms with Crippen molar-refractivity contribution in [1.29, 1.82) is 0 Å². The van der Waals surface area contributed by atoms with Crippen LogP contribution in [0, 0.1) is 0 Å². The van der Waals surface area contributed by atoms with Crippen molar-refractivity contribution in [3.8, 4) is 0 Å². The number of sulfonamides is 1. The number of carbonyl (C=O) groups excluding carboxylic acids is 1. The summed E-state index contributed by atoms with van der Waals surface area (Å²) in [5, 5.41) is 0. The van der Waals surface area contributed by atoms with Crippen LogP contribution in [0.2, 0.25) is 0 Å². The Morgan fingerprint density at radius 1 is 1.00 bits per heavy atom. The molecule has 0 unspecified atom stereocenters. The first-order valence-corrected chi connectivity index (χ1v) is 10.9. The van der Waals surface area contributed by atoms with Gasteiger partial charge in [-0.05, 0) is 55.2 Å². The van der Waals surface area contributed by atoms with E-state index in [1.54, 1.807) is 18.2 Å². The Morgan fingerprint density at radius 3 is 2.32 bits per heavy atom. The van der Waals surface area contributed by atoms with Gasteiger partial charge in [0.15, 0.2) is 5.78 Å². The SMILES string of the molecule is CN(C)S(=O)(=O)c1cccc(C(=O)/C=C/c2ccc(N3CCCCC3)cc2)c1. The van der Waals surface area contributed by atoms with Gasteiger partial charge in [0.1, 0.15) is 0 Å². The van der Waals surface area contributed by atoms with Crippen molar-refractivity contribution in [3.63, 3.8) is 0 Å². The highest BCUT2D eigenvalue weighted by Gasteiger charge is 2.18. The Bertz CT molecular complexity index is 958. The monoisotopic (exact) mass is 398 g/mol. The van der Waals surface area contributed by atoms with Crippen molar-refractivity contribution in [2.24, 2.45) is 0 Å². The number of benzene rings is 2. The number of piperidine rings is 1. The fraction of sp³-hybridized carbons (Fsp3) is 0.318. The van der Waals surface area contributed by atoms with Crippen LogP contribution in [-0.2, 0) is 10.0 Å². The summed E-state index contributed by atoms with van der Waals surface area (Å²) in [4.78, 5) is 15.0. The third-order valence-corrected chi connectivity index (χ3v) is 6.75. The molecule has 0 spiro atoms. The van der Waals surface area contributed by atoms with E-state index in [4.69, 9.17) is 0 Å². The van der Waals surface area contributed by atoms with Crippen LogP contribution >= 0.6 is 0 Å². The van der Waals surface area contributed by atoms with Crippen LogP contribution in [0.3, 0.4) is 0 Å². The zero-order valence-corrected chi connectivity index (χ0v) is 17.2. The van der Waals surface area contributed by atoms with Crippen LogP contribution in [0.5, 0.6) is 0 Å². The van der Waals surface area contributed by atoms with E-state index in [2.05, 4.69) is 17.0 Å². The summed E-state index contributed by atoms with van der Waals surface area (Å²) in [5.41, 5.74) is 2.50. The summed E-state index contributed by atoms with van der Waals surface area (Å²) in [6.07, 6.45) is 7.01. The lowest BCUT2D eigenvalue weighted by atomic mass is 10.1. The Hall–Kier alpha value is -2.44. The molecule has 5 nitrogen and oxygen atoms in total. The Labute approximate surface area is 167 Å². The van der Waals surface area contributed by atoms with Gasteiger partial charge in [-0.25, -0.2) is 12.7 Å². The second kappa shape index (κ2) is 8.71. The number of carbonyl (C=O) groups is 1. The Morgan fingerprint density at radius 2 is 1.68 bits per heavy atom. The third-order valence-electron chi connectivity index (χ3n) is 4.94. The van der Waals surface area contributed by atoms with Crippen LogP contribution in [-0.4, -0.2) is 45.7 Å². The first kappa shape index (κ1) is 20.3. The van der Waals surface area contributed by atoms with E-state index in [0.29, 0.717) is 5.56 Å². The van der Waals surface area contributed by atoms with E-state index in [-0.39, 0.29) is 10.7 Å². The highest BCUT2D eigenvalue weighted by Crippen LogP contribution is 2.21. The van der Waals surface area contributed by atoms with Crippen molar-refractivity contribution < 1.29 is 13.2 Å². The zero-order chi connectivity index (χ0) is 20.1. The van der Waals surface area contributed by atoms with Crippen LogP contribution in [0.15, 0.2) is 59.5 Å². The number of rotatable bonds is 6. The molecule has 2 aromatic carbocycles. The largest absolute Gasteiger partial charge is 0.372 e. The quantitative estimate of drug-likeness (QED) is 0.548. The lowest BCUT2D eigenvalue weighted by Crippen LogP contribution is -2.29. The predicted molar refractivity (Wildman–Crippen MR) is 113 cm³/mol. The van der Waals surface area contributed by atoms with Gasteiger partial charge >= 0.3 is 0 Å². The first-order valence-electron chi connectivity index (χ1n) is 9.48. The number of ketones is 1. The van der Waals surface area contributed by atoms with E-state index in [9.17, 15) is 13.2 Å². The summed E-state index contributed by atoms with van der Waals surface area (Å²) in [6.45, 7) is 2.19. The summed E-state index contributed by atoms with van der Waals surface area (Å²) in [5.74, 6) is -0.226. The molecule has 28 heavy (non-hydrogen) atoms. The van der Waals surface area contributed by atoms with Gasteiger partial charge in [-0.1, -0.05) is 30.3 Å². The second-order valence-electron chi connectivity index (χ2n) is 7.15. The van der Waals surface area contributed by atoms with Gasteiger partial charge < -0.3 is 4.90 Å². The van der Waals surface area contributed by atoms with Crippen molar-refractivity contribution in [3.05, 3.63) is 65.7 Å². The number of hydrogen-bond donors (Lipinski definition) is 0. The minimum Gasteiger partial charge on any atom is -0.372 e. The maximum atomic E-state index is 12.5. The van der Waals surface area contributed by atoms with E-state index in [1.807, 2.05) is 12.1 Å². The first-order chi connectivity index (χ1) is 13.4. The molecule has 0 aliphatic carbocycles. The lowest BCUT2D eigenvalue weighted by Gasteiger charge is -2.28. The summed E-state index contributed by atoms with van der Waals surface area (Å²) in [6, 6.07) is 14.3. The fourth-order valence-corrected chi connectivity index (χ4v) is 4.19. The minimum absolute atomic E-state index is 0.114. The van der Waals surface area contributed by atoms with Crippen LogP contribution in [0.4, 0.5) is 5.69 Å². The molecule has 0 bridgehead atoms. The van der Waals surface area contributed by atoms with Crippen molar-refractivity contribution in [2.75, 3.05) is 32.1 Å². The molecule has 1 aliphatic heterocycles. The van der Waals surface area contributed by atoms with E-state index >= 15 is 0 Å². The normalized spacial score (nSPS) is 15.3. The van der Waals surface area contributed by atoms with Crippen molar-refractivity contribution >= 4 is 27.6 Å². The average Bonchev–Trinajstić information content (AvgIpc) is 2.73. The topological polar surface area (TPSA) is 57.7 Å². The number of nitrogens with zero attached hydrogens (tertiary/aromatic N) is 2. The van der Waals surface area contributed by atoms with E-state index in [0.717, 1.165) is 23.0 Å². The van der Waals surface area contributed by atoms with Crippen molar-refractivity contribution in [2.45, 2.75) is 24.2 Å². The molecule has 0 N–H and O–H groups in total. The number of hydrogen-bond acceptors (Lipinski definition) is 4. The Kier molecular flexibility index (Phi) is 6.31. The van der Waals surface area contributed by atoms with Crippen LogP contribution < -0.4 is 4.90 Å². The molecular formula is C22H26N2O3S. The summed E-state index contributed by atoms with van der Waals surface area (Å²) >= 11 is 0.